The molecule has 3 aromatic rings. The minimum absolute atomic E-state index is 0.141. The Kier molecular flexibility index (Phi) is 4.07. The van der Waals surface area contributed by atoms with Crippen molar-refractivity contribution in [2.45, 2.75) is 25.4 Å². The molecule has 6 nitrogen and oxygen atoms in total. The van der Waals surface area contributed by atoms with Crippen molar-refractivity contribution in [2.75, 3.05) is 5.73 Å². The number of nitrogen functional groups attached to an aromatic ring is 1. The summed E-state index contributed by atoms with van der Waals surface area (Å²) in [5.41, 5.74) is 7.81. The van der Waals surface area contributed by atoms with Gasteiger partial charge >= 0.3 is 6.18 Å². The average molecular weight is 384 g/mol. The molecular weight excluding hydrogens is 369 g/mol. The topological polar surface area (TPSA) is 115 Å². The second-order valence-corrected chi connectivity index (χ2v) is 6.75. The van der Waals surface area contributed by atoms with Crippen molar-refractivity contribution < 1.29 is 13.2 Å². The first-order chi connectivity index (χ1) is 13.3. The van der Waals surface area contributed by atoms with Gasteiger partial charge in [-0.2, -0.15) is 23.5 Å². The highest BCUT2D eigenvalue weighted by Crippen LogP contribution is 2.42. The molecule has 1 aromatic carbocycles. The molecule has 0 radical (unpaired) electrons. The van der Waals surface area contributed by atoms with Crippen molar-refractivity contribution in [3.8, 4) is 17.3 Å². The fourth-order valence-electron chi connectivity index (χ4n) is 3.85. The number of nitriles is 1. The first-order valence-electron chi connectivity index (χ1n) is 8.60. The van der Waals surface area contributed by atoms with Gasteiger partial charge in [0.05, 0.1) is 35.0 Å². The van der Waals surface area contributed by atoms with Crippen LogP contribution in [0.5, 0.6) is 0 Å². The van der Waals surface area contributed by atoms with E-state index < -0.39 is 11.9 Å². The summed E-state index contributed by atoms with van der Waals surface area (Å²) in [5.74, 6) is -0.309. The summed E-state index contributed by atoms with van der Waals surface area (Å²) in [4.78, 5) is 4.50. The Labute approximate surface area is 157 Å². The van der Waals surface area contributed by atoms with Gasteiger partial charge in [0, 0.05) is 22.9 Å². The molecule has 1 aliphatic carbocycles. The number of hydrogen-bond donors (Lipinski definition) is 3. The molecule has 0 saturated heterocycles. The average Bonchev–Trinajstić information content (AvgIpc) is 3.17. The van der Waals surface area contributed by atoms with Crippen molar-refractivity contribution in [2.24, 2.45) is 5.92 Å². The van der Waals surface area contributed by atoms with Gasteiger partial charge in [-0.15, -0.1) is 0 Å². The Morgan fingerprint density at radius 1 is 1.32 bits per heavy atom. The highest BCUT2D eigenvalue weighted by atomic mass is 19.4. The molecule has 0 aliphatic heterocycles. The third kappa shape index (κ3) is 2.69. The van der Waals surface area contributed by atoms with E-state index in [2.05, 4.69) is 16.2 Å². The van der Waals surface area contributed by atoms with Crippen molar-refractivity contribution in [3.05, 3.63) is 40.7 Å². The van der Waals surface area contributed by atoms with Gasteiger partial charge in [-0.3, -0.25) is 5.10 Å². The quantitative estimate of drug-likeness (QED) is 0.460. The van der Waals surface area contributed by atoms with Crippen LogP contribution in [-0.4, -0.2) is 21.4 Å². The Morgan fingerprint density at radius 2 is 2.11 bits per heavy atom. The van der Waals surface area contributed by atoms with E-state index in [1.165, 1.54) is 0 Å². The number of rotatable bonds is 2. The van der Waals surface area contributed by atoms with Gasteiger partial charge < -0.3 is 11.1 Å². The number of aromatic nitrogens is 3. The summed E-state index contributed by atoms with van der Waals surface area (Å²) in [6.07, 6.45) is -0.982. The van der Waals surface area contributed by atoms with Crippen LogP contribution in [0.25, 0.3) is 22.2 Å². The molecule has 0 fully saturated rings. The fraction of sp³-hybridized carbons (Fsp3) is 0.263. The van der Waals surface area contributed by atoms with Crippen LogP contribution in [0, 0.1) is 22.7 Å². The third-order valence-corrected chi connectivity index (χ3v) is 5.14. The van der Waals surface area contributed by atoms with Crippen molar-refractivity contribution >= 4 is 22.8 Å². The molecule has 142 valence electrons. The van der Waals surface area contributed by atoms with E-state index in [9.17, 15) is 18.4 Å². The predicted molar refractivity (Wildman–Crippen MR) is 97.8 cm³/mol. The van der Waals surface area contributed by atoms with Crippen LogP contribution in [0.2, 0.25) is 0 Å². The maximum Gasteiger partial charge on any atom is 0.433 e. The number of benzene rings is 1. The Balaban J connectivity index is 2.09. The normalized spacial score (nSPS) is 16.6. The zero-order valence-electron chi connectivity index (χ0n) is 14.6. The smallest absolute Gasteiger partial charge is 0.398 e. The minimum atomic E-state index is -4.61. The number of fused-ring (bicyclic) bond motifs is 3. The van der Waals surface area contributed by atoms with Crippen molar-refractivity contribution in [1.29, 1.82) is 10.7 Å². The van der Waals surface area contributed by atoms with E-state index >= 15 is 0 Å². The number of halogens is 3. The van der Waals surface area contributed by atoms with Gasteiger partial charge in [0.25, 0.3) is 0 Å². The van der Waals surface area contributed by atoms with Gasteiger partial charge in [0.2, 0.25) is 0 Å². The zero-order valence-corrected chi connectivity index (χ0v) is 14.6. The number of nitrogens with two attached hydrogens (primary N) is 1. The molecule has 1 aliphatic rings. The van der Waals surface area contributed by atoms with Crippen molar-refractivity contribution in [3.63, 3.8) is 0 Å². The Morgan fingerprint density at radius 3 is 2.79 bits per heavy atom. The first-order valence-corrected chi connectivity index (χ1v) is 8.60. The largest absolute Gasteiger partial charge is 0.433 e. The van der Waals surface area contributed by atoms with E-state index in [1.54, 1.807) is 12.1 Å². The van der Waals surface area contributed by atoms with Gasteiger partial charge in [-0.25, -0.2) is 4.98 Å². The summed E-state index contributed by atoms with van der Waals surface area (Å²) < 4.78 is 40.3. The molecular formula is C19H15F3N6. The Bertz CT molecular complexity index is 1140. The number of anilines is 1. The van der Waals surface area contributed by atoms with Crippen LogP contribution in [-0.2, 0) is 19.0 Å². The highest BCUT2D eigenvalue weighted by molar-refractivity contribution is 6.05. The maximum absolute atomic E-state index is 13.4. The van der Waals surface area contributed by atoms with E-state index in [1.807, 2.05) is 5.10 Å². The molecule has 9 heteroatoms. The molecule has 2 heterocycles. The molecule has 0 amide bonds. The van der Waals surface area contributed by atoms with Gasteiger partial charge in [-0.05, 0) is 42.5 Å². The molecule has 1 unspecified atom stereocenters. The SMILES string of the molecule is N#CC1CCc2c(c(-c3cn[nH]c3C(F)(F)F)nc3ccc(N)c(C=N)c23)C1. The number of hydrogen-bond acceptors (Lipinski definition) is 5. The molecule has 1 atom stereocenters. The van der Waals surface area contributed by atoms with Gasteiger partial charge in [0.15, 0.2) is 0 Å². The number of nitrogens with zero attached hydrogens (tertiary/aromatic N) is 3. The van der Waals surface area contributed by atoms with Gasteiger partial charge in [-0.1, -0.05) is 0 Å². The summed E-state index contributed by atoms with van der Waals surface area (Å²) >= 11 is 0. The standard InChI is InChI=1S/C19H15F3N6/c20-19(21,22)18-13(8-26-28-18)17-11-5-9(6-23)1-2-10(11)16-12(7-24)14(25)3-4-15(16)27-17/h3-4,7-9,24H,1-2,5,25H2,(H,26,28). The van der Waals surface area contributed by atoms with Crippen LogP contribution in [0.3, 0.4) is 0 Å². The summed E-state index contributed by atoms with van der Waals surface area (Å²) in [6, 6.07) is 5.44. The maximum atomic E-state index is 13.4. The molecule has 4 rings (SSSR count). The number of aromatic amines is 1. The van der Waals surface area contributed by atoms with Crippen LogP contribution >= 0.6 is 0 Å². The number of alkyl halides is 3. The number of nitrogens with one attached hydrogen (secondary N) is 2. The molecule has 28 heavy (non-hydrogen) atoms. The molecule has 4 N–H and O–H groups in total. The second kappa shape index (κ2) is 6.34. The number of aryl methyl sites for hydroxylation is 1. The number of H-pyrrole nitrogens is 1. The van der Waals surface area contributed by atoms with Crippen LogP contribution in [0.15, 0.2) is 18.3 Å². The first kappa shape index (κ1) is 18.0. The fourth-order valence-corrected chi connectivity index (χ4v) is 3.85. The van der Waals surface area contributed by atoms with Crippen molar-refractivity contribution in [1.82, 2.24) is 15.2 Å². The second-order valence-electron chi connectivity index (χ2n) is 6.75. The monoisotopic (exact) mass is 384 g/mol. The van der Waals surface area contributed by atoms with E-state index in [0.29, 0.717) is 47.0 Å². The molecule has 2 aromatic heterocycles. The minimum Gasteiger partial charge on any atom is -0.398 e. The number of pyridine rings is 1. The predicted octanol–water partition coefficient (Wildman–Crippen LogP) is 3.85. The van der Waals surface area contributed by atoms with E-state index in [-0.39, 0.29) is 17.2 Å². The van der Waals surface area contributed by atoms with Crippen LogP contribution in [0.1, 0.15) is 28.8 Å². The van der Waals surface area contributed by atoms with Crippen LogP contribution < -0.4 is 5.73 Å². The lowest BCUT2D eigenvalue weighted by Crippen LogP contribution is -2.17. The lowest BCUT2D eigenvalue weighted by molar-refractivity contribution is -0.140. The van der Waals surface area contributed by atoms with E-state index in [4.69, 9.17) is 11.1 Å². The summed E-state index contributed by atoms with van der Waals surface area (Å²) in [7, 11) is 0. The zero-order chi connectivity index (χ0) is 20.1. The molecule has 0 saturated carbocycles. The van der Waals surface area contributed by atoms with Crippen LogP contribution in [0.4, 0.5) is 18.9 Å². The molecule has 0 spiro atoms. The summed E-state index contributed by atoms with van der Waals surface area (Å²) in [6.45, 7) is 0. The summed E-state index contributed by atoms with van der Waals surface area (Å²) in [5, 5.41) is 23.3. The highest BCUT2D eigenvalue weighted by Gasteiger charge is 2.38. The Hall–Kier alpha value is -3.41. The van der Waals surface area contributed by atoms with E-state index in [0.717, 1.165) is 18.0 Å². The third-order valence-electron chi connectivity index (χ3n) is 5.14. The van der Waals surface area contributed by atoms with Gasteiger partial charge in [0.1, 0.15) is 5.69 Å². The lowest BCUT2D eigenvalue weighted by atomic mass is 9.80. The molecule has 0 bridgehead atoms. The lowest BCUT2D eigenvalue weighted by Gasteiger charge is -2.25.